The van der Waals surface area contributed by atoms with Crippen LogP contribution in [0.5, 0.6) is 0 Å². The number of primary amides is 2. The Labute approximate surface area is 192 Å². The highest BCUT2D eigenvalue weighted by Crippen LogP contribution is 2.19. The lowest BCUT2D eigenvalue weighted by Gasteiger charge is -2.30. The van der Waals surface area contributed by atoms with Crippen molar-refractivity contribution in [2.45, 2.75) is 70.6 Å². The van der Waals surface area contributed by atoms with Crippen LogP contribution in [-0.4, -0.2) is 82.8 Å². The molecule has 8 N–H and O–H groups in total. The normalized spacial score (nSPS) is 18.2. The molecule has 0 unspecified atom stereocenters. The van der Waals surface area contributed by atoms with Crippen LogP contribution >= 0.6 is 0 Å². The van der Waals surface area contributed by atoms with Gasteiger partial charge in [-0.05, 0) is 25.2 Å². The Hall–Kier alpha value is -3.22. The van der Waals surface area contributed by atoms with E-state index in [9.17, 15) is 33.9 Å². The van der Waals surface area contributed by atoms with Crippen LogP contribution in [0.3, 0.4) is 0 Å². The molecule has 13 heteroatoms. The van der Waals surface area contributed by atoms with Gasteiger partial charge in [-0.3, -0.25) is 28.8 Å². The molecule has 0 aromatic rings. The number of aliphatic hydroxyl groups is 1. The van der Waals surface area contributed by atoms with Crippen molar-refractivity contribution in [2.24, 2.45) is 17.4 Å². The molecule has 1 aliphatic rings. The van der Waals surface area contributed by atoms with E-state index in [-0.39, 0.29) is 25.3 Å². The van der Waals surface area contributed by atoms with E-state index in [1.807, 2.05) is 0 Å². The molecule has 33 heavy (non-hydrogen) atoms. The molecule has 0 aliphatic carbocycles. The van der Waals surface area contributed by atoms with Gasteiger partial charge in [-0.2, -0.15) is 0 Å². The van der Waals surface area contributed by atoms with Crippen LogP contribution in [0.15, 0.2) is 0 Å². The van der Waals surface area contributed by atoms with Crippen LogP contribution in [0.1, 0.15) is 46.5 Å². The third-order valence-electron chi connectivity index (χ3n) is 5.28. The Morgan fingerprint density at radius 2 is 1.67 bits per heavy atom. The van der Waals surface area contributed by atoms with E-state index in [0.717, 1.165) is 0 Å². The summed E-state index contributed by atoms with van der Waals surface area (Å²) in [5.41, 5.74) is 10.4. The second-order valence-corrected chi connectivity index (χ2v) is 8.32. The summed E-state index contributed by atoms with van der Waals surface area (Å²) in [6, 6.07) is -4.26. The van der Waals surface area contributed by atoms with Crippen LogP contribution in [-0.2, 0) is 28.8 Å². The molecule has 1 heterocycles. The van der Waals surface area contributed by atoms with Crippen LogP contribution in [0.4, 0.5) is 0 Å². The number of carbonyl (C=O) groups is 6. The third kappa shape index (κ3) is 8.33. The van der Waals surface area contributed by atoms with Gasteiger partial charge < -0.3 is 37.4 Å². The van der Waals surface area contributed by atoms with Crippen molar-refractivity contribution in [1.82, 2.24) is 20.9 Å². The lowest BCUT2D eigenvalue weighted by molar-refractivity contribution is -0.143. The van der Waals surface area contributed by atoms with Gasteiger partial charge in [0.15, 0.2) is 0 Å². The lowest BCUT2D eigenvalue weighted by Crippen LogP contribution is -2.59. The van der Waals surface area contributed by atoms with Gasteiger partial charge in [0.05, 0.1) is 6.61 Å². The molecule has 186 valence electrons. The van der Waals surface area contributed by atoms with Gasteiger partial charge in [-0.25, -0.2) is 0 Å². The van der Waals surface area contributed by atoms with Gasteiger partial charge >= 0.3 is 0 Å². The molecule has 0 bridgehead atoms. The summed E-state index contributed by atoms with van der Waals surface area (Å²) >= 11 is 0. The highest BCUT2D eigenvalue weighted by molar-refractivity contribution is 5.95. The van der Waals surface area contributed by atoms with Crippen molar-refractivity contribution < 1.29 is 33.9 Å². The molecule has 6 amide bonds. The topological polar surface area (TPSA) is 214 Å². The van der Waals surface area contributed by atoms with Crippen molar-refractivity contribution in [3.63, 3.8) is 0 Å². The van der Waals surface area contributed by atoms with Gasteiger partial charge in [-0.1, -0.05) is 13.8 Å². The van der Waals surface area contributed by atoms with E-state index in [1.165, 1.54) is 11.8 Å². The number of nitrogens with zero attached hydrogens (tertiary/aromatic N) is 1. The van der Waals surface area contributed by atoms with E-state index in [2.05, 4.69) is 16.0 Å². The first kappa shape index (κ1) is 27.8. The molecule has 1 rings (SSSR count). The number of nitrogens with two attached hydrogens (primary N) is 2. The van der Waals surface area contributed by atoms with Crippen molar-refractivity contribution in [3.05, 3.63) is 0 Å². The zero-order valence-electron chi connectivity index (χ0n) is 19.1. The van der Waals surface area contributed by atoms with E-state index in [0.29, 0.717) is 12.8 Å². The molecule has 1 aliphatic heterocycles. The summed E-state index contributed by atoms with van der Waals surface area (Å²) in [5.74, 6) is -4.24. The first-order chi connectivity index (χ1) is 15.4. The van der Waals surface area contributed by atoms with E-state index in [1.54, 1.807) is 13.8 Å². The summed E-state index contributed by atoms with van der Waals surface area (Å²) in [6.07, 6.45) is 0.625. The predicted molar refractivity (Wildman–Crippen MR) is 116 cm³/mol. The number of rotatable bonds is 12. The zero-order chi connectivity index (χ0) is 25.3. The van der Waals surface area contributed by atoms with Crippen molar-refractivity contribution >= 4 is 35.4 Å². The summed E-state index contributed by atoms with van der Waals surface area (Å²) in [6.45, 7) is 4.20. The number of aliphatic hydroxyl groups excluding tert-OH is 1. The summed E-state index contributed by atoms with van der Waals surface area (Å²) in [4.78, 5) is 73.6. The molecule has 0 spiro atoms. The smallest absolute Gasteiger partial charge is 0.248 e. The molecular formula is C20H34N6O7. The standard InChI is InChI=1S/C20H34N6O7/c1-10(2)16(19(32)24-12(17(22)30)6-7-15(21)29)25-18(31)14-5-4-8-26(14)20(33)13(9-27)23-11(3)28/h10,12-14,16,27H,4-9H2,1-3H3,(H2,21,29)(H2,22,30)(H,23,28)(H,24,32)(H,25,31)/t12-,13-,14-,16-/m0/s1. The Morgan fingerprint density at radius 3 is 2.15 bits per heavy atom. The maximum atomic E-state index is 13.0. The minimum absolute atomic E-state index is 0.0776. The number of amides is 6. The Bertz CT molecular complexity index is 772. The minimum atomic E-state index is -1.18. The van der Waals surface area contributed by atoms with Crippen LogP contribution in [0, 0.1) is 5.92 Å². The van der Waals surface area contributed by atoms with Crippen molar-refractivity contribution in [1.29, 1.82) is 0 Å². The zero-order valence-corrected chi connectivity index (χ0v) is 19.1. The Morgan fingerprint density at radius 1 is 1.03 bits per heavy atom. The maximum Gasteiger partial charge on any atom is 0.248 e. The average molecular weight is 471 g/mol. The van der Waals surface area contributed by atoms with Crippen LogP contribution in [0.25, 0.3) is 0 Å². The first-order valence-electron chi connectivity index (χ1n) is 10.8. The molecule has 0 aromatic heterocycles. The quantitative estimate of drug-likeness (QED) is 0.172. The van der Waals surface area contributed by atoms with E-state index in [4.69, 9.17) is 11.5 Å². The fourth-order valence-corrected chi connectivity index (χ4v) is 3.55. The number of carbonyl (C=O) groups excluding carboxylic acids is 6. The third-order valence-corrected chi connectivity index (χ3v) is 5.28. The van der Waals surface area contributed by atoms with Crippen molar-refractivity contribution in [2.75, 3.05) is 13.2 Å². The monoisotopic (exact) mass is 470 g/mol. The second kappa shape index (κ2) is 12.7. The number of likely N-dealkylation sites (tertiary alicyclic amines) is 1. The molecule has 4 atom stereocenters. The molecule has 1 saturated heterocycles. The summed E-state index contributed by atoms with van der Waals surface area (Å²) in [7, 11) is 0. The summed E-state index contributed by atoms with van der Waals surface area (Å²) < 4.78 is 0. The fourth-order valence-electron chi connectivity index (χ4n) is 3.55. The van der Waals surface area contributed by atoms with Gasteiger partial charge in [0, 0.05) is 19.9 Å². The average Bonchev–Trinajstić information content (AvgIpc) is 3.21. The maximum absolute atomic E-state index is 13.0. The summed E-state index contributed by atoms with van der Waals surface area (Å²) in [5, 5.41) is 16.8. The van der Waals surface area contributed by atoms with Crippen LogP contribution in [0.2, 0.25) is 0 Å². The van der Waals surface area contributed by atoms with E-state index >= 15 is 0 Å². The molecule has 0 saturated carbocycles. The van der Waals surface area contributed by atoms with Gasteiger partial charge in [-0.15, -0.1) is 0 Å². The lowest BCUT2D eigenvalue weighted by atomic mass is 10.0. The van der Waals surface area contributed by atoms with Crippen LogP contribution < -0.4 is 27.4 Å². The second-order valence-electron chi connectivity index (χ2n) is 8.32. The Balaban J connectivity index is 2.91. The SMILES string of the molecule is CC(=O)N[C@@H](CO)C(=O)N1CCC[C@H]1C(=O)N[C@H](C(=O)N[C@@H](CCC(N)=O)C(N)=O)C(C)C. The first-order valence-corrected chi connectivity index (χ1v) is 10.8. The van der Waals surface area contributed by atoms with Gasteiger partial charge in [0.2, 0.25) is 35.4 Å². The highest BCUT2D eigenvalue weighted by Gasteiger charge is 2.39. The largest absolute Gasteiger partial charge is 0.394 e. The molecule has 0 aromatic carbocycles. The van der Waals surface area contributed by atoms with E-state index < -0.39 is 66.2 Å². The number of hydrogen-bond acceptors (Lipinski definition) is 7. The number of hydrogen-bond donors (Lipinski definition) is 6. The minimum Gasteiger partial charge on any atom is -0.394 e. The molecule has 1 fully saturated rings. The molecule has 13 nitrogen and oxygen atoms in total. The number of nitrogens with one attached hydrogen (secondary N) is 3. The molecule has 0 radical (unpaired) electrons. The fraction of sp³-hybridized carbons (Fsp3) is 0.700. The highest BCUT2D eigenvalue weighted by atomic mass is 16.3. The predicted octanol–water partition coefficient (Wildman–Crippen LogP) is -3.15. The van der Waals surface area contributed by atoms with Gasteiger partial charge in [0.25, 0.3) is 0 Å². The Kier molecular flexibility index (Phi) is 10.7. The van der Waals surface area contributed by atoms with Gasteiger partial charge in [0.1, 0.15) is 24.2 Å². The van der Waals surface area contributed by atoms with Crippen molar-refractivity contribution in [3.8, 4) is 0 Å². The molecular weight excluding hydrogens is 436 g/mol.